The highest BCUT2D eigenvalue weighted by Crippen LogP contribution is 1.98. The molecule has 0 saturated heterocycles. The third-order valence-corrected chi connectivity index (χ3v) is 2.42. The van der Waals surface area contributed by atoms with Gasteiger partial charge in [0.05, 0.1) is 25.9 Å². The predicted octanol–water partition coefficient (Wildman–Crippen LogP) is 1.05. The largest absolute Gasteiger partial charge is 0.382 e. The fourth-order valence-corrected chi connectivity index (χ4v) is 1.24. The summed E-state index contributed by atoms with van der Waals surface area (Å²) in [5.74, 6) is 0. The number of hydrogen-bond acceptors (Lipinski definition) is 4. The SMILES string of the molecule is COCCOCC(C)NC(C)C(C)OC. The van der Waals surface area contributed by atoms with Crippen LogP contribution in [0.4, 0.5) is 0 Å². The molecule has 0 saturated carbocycles. The summed E-state index contributed by atoms with van der Waals surface area (Å²) in [6.07, 6.45) is 0.214. The van der Waals surface area contributed by atoms with Crippen molar-refractivity contribution in [3.05, 3.63) is 0 Å². The molecule has 1 N–H and O–H groups in total. The van der Waals surface area contributed by atoms with E-state index >= 15 is 0 Å². The Balaban J connectivity index is 3.50. The topological polar surface area (TPSA) is 39.7 Å². The van der Waals surface area contributed by atoms with Gasteiger partial charge in [0.1, 0.15) is 0 Å². The summed E-state index contributed by atoms with van der Waals surface area (Å²) in [6, 6.07) is 0.658. The van der Waals surface area contributed by atoms with Gasteiger partial charge in [0, 0.05) is 26.3 Å². The minimum Gasteiger partial charge on any atom is -0.382 e. The molecule has 0 amide bonds. The van der Waals surface area contributed by atoms with Gasteiger partial charge < -0.3 is 19.5 Å². The van der Waals surface area contributed by atoms with Crippen LogP contribution < -0.4 is 5.32 Å². The standard InChI is InChI=1S/C11H25NO3/c1-9(8-15-7-6-13-4)12-10(2)11(3)14-5/h9-12H,6-8H2,1-5H3. The van der Waals surface area contributed by atoms with Crippen molar-refractivity contribution in [1.82, 2.24) is 5.32 Å². The molecule has 92 valence electrons. The second kappa shape index (κ2) is 9.09. The van der Waals surface area contributed by atoms with E-state index in [-0.39, 0.29) is 6.10 Å². The van der Waals surface area contributed by atoms with Crippen LogP contribution in [0, 0.1) is 0 Å². The summed E-state index contributed by atoms with van der Waals surface area (Å²) in [5, 5.41) is 3.42. The molecule has 3 unspecified atom stereocenters. The van der Waals surface area contributed by atoms with Crippen molar-refractivity contribution in [2.45, 2.75) is 39.0 Å². The molecule has 15 heavy (non-hydrogen) atoms. The molecular formula is C11H25NO3. The number of rotatable bonds is 9. The van der Waals surface area contributed by atoms with Gasteiger partial charge in [-0.1, -0.05) is 0 Å². The molecule has 0 heterocycles. The minimum absolute atomic E-state index is 0.214. The van der Waals surface area contributed by atoms with Gasteiger partial charge >= 0.3 is 0 Å². The fourth-order valence-electron chi connectivity index (χ4n) is 1.24. The molecule has 0 rings (SSSR count). The van der Waals surface area contributed by atoms with Gasteiger partial charge in [0.15, 0.2) is 0 Å². The second-order valence-electron chi connectivity index (χ2n) is 3.86. The molecule has 4 heteroatoms. The normalized spacial score (nSPS) is 17.4. The van der Waals surface area contributed by atoms with Crippen molar-refractivity contribution in [1.29, 1.82) is 0 Å². The highest BCUT2D eigenvalue weighted by molar-refractivity contribution is 4.72. The molecule has 3 atom stereocenters. The predicted molar refractivity (Wildman–Crippen MR) is 61.2 cm³/mol. The zero-order chi connectivity index (χ0) is 11.7. The third kappa shape index (κ3) is 7.73. The lowest BCUT2D eigenvalue weighted by Crippen LogP contribution is -2.43. The first-order chi connectivity index (χ1) is 7.11. The van der Waals surface area contributed by atoms with Crippen LogP contribution in [0.25, 0.3) is 0 Å². The molecule has 0 aromatic carbocycles. The molecule has 4 nitrogen and oxygen atoms in total. The lowest BCUT2D eigenvalue weighted by Gasteiger charge is -2.24. The average Bonchev–Trinajstić information content (AvgIpc) is 2.23. The highest BCUT2D eigenvalue weighted by atomic mass is 16.5. The van der Waals surface area contributed by atoms with Crippen LogP contribution in [-0.4, -0.2) is 52.2 Å². The summed E-state index contributed by atoms with van der Waals surface area (Å²) in [6.45, 7) is 8.26. The molecule has 0 spiro atoms. The Morgan fingerprint density at radius 1 is 1.07 bits per heavy atom. The maximum Gasteiger partial charge on any atom is 0.0701 e. The Labute approximate surface area is 93.3 Å². The number of methoxy groups -OCH3 is 2. The van der Waals surface area contributed by atoms with Gasteiger partial charge in [-0.25, -0.2) is 0 Å². The quantitative estimate of drug-likeness (QED) is 0.588. The van der Waals surface area contributed by atoms with Gasteiger partial charge in [-0.3, -0.25) is 0 Å². The highest BCUT2D eigenvalue weighted by Gasteiger charge is 2.13. The molecule has 0 bridgehead atoms. The van der Waals surface area contributed by atoms with Crippen molar-refractivity contribution < 1.29 is 14.2 Å². The summed E-state index contributed by atoms with van der Waals surface area (Å²) in [5.41, 5.74) is 0. The van der Waals surface area contributed by atoms with Crippen molar-refractivity contribution in [3.8, 4) is 0 Å². The van der Waals surface area contributed by atoms with Crippen LogP contribution in [0.3, 0.4) is 0 Å². The summed E-state index contributed by atoms with van der Waals surface area (Å²) in [4.78, 5) is 0. The van der Waals surface area contributed by atoms with Crippen LogP contribution in [0.15, 0.2) is 0 Å². The van der Waals surface area contributed by atoms with Crippen LogP contribution in [0.5, 0.6) is 0 Å². The van der Waals surface area contributed by atoms with Crippen molar-refractivity contribution in [2.75, 3.05) is 34.0 Å². The first-order valence-corrected chi connectivity index (χ1v) is 5.47. The first-order valence-electron chi connectivity index (χ1n) is 5.47. The van der Waals surface area contributed by atoms with Gasteiger partial charge in [0.25, 0.3) is 0 Å². The third-order valence-electron chi connectivity index (χ3n) is 2.42. The monoisotopic (exact) mass is 219 g/mol. The molecule has 0 aromatic heterocycles. The lowest BCUT2D eigenvalue weighted by molar-refractivity contribution is 0.0484. The Morgan fingerprint density at radius 2 is 1.73 bits per heavy atom. The zero-order valence-corrected chi connectivity index (χ0v) is 10.6. The summed E-state index contributed by atoms with van der Waals surface area (Å²) in [7, 11) is 3.40. The first kappa shape index (κ1) is 14.8. The van der Waals surface area contributed by atoms with Gasteiger partial charge in [-0.15, -0.1) is 0 Å². The molecular weight excluding hydrogens is 194 g/mol. The molecule has 0 aromatic rings. The number of hydrogen-bond donors (Lipinski definition) is 1. The van der Waals surface area contributed by atoms with E-state index in [0.717, 1.165) is 0 Å². The van der Waals surface area contributed by atoms with E-state index in [1.807, 2.05) is 0 Å². The number of ether oxygens (including phenoxy) is 3. The maximum absolute atomic E-state index is 5.42. The van der Waals surface area contributed by atoms with Crippen LogP contribution in [0.1, 0.15) is 20.8 Å². The Kier molecular flexibility index (Phi) is 9.00. The number of nitrogens with one attached hydrogen (secondary N) is 1. The van der Waals surface area contributed by atoms with Crippen LogP contribution in [-0.2, 0) is 14.2 Å². The minimum atomic E-state index is 0.214. The maximum atomic E-state index is 5.42. The molecule has 0 radical (unpaired) electrons. The van der Waals surface area contributed by atoms with Gasteiger partial charge in [0.2, 0.25) is 0 Å². The summed E-state index contributed by atoms with van der Waals surface area (Å²) >= 11 is 0. The smallest absolute Gasteiger partial charge is 0.0701 e. The van der Waals surface area contributed by atoms with Crippen molar-refractivity contribution >= 4 is 0 Å². The van der Waals surface area contributed by atoms with E-state index in [2.05, 4.69) is 26.1 Å². The second-order valence-corrected chi connectivity index (χ2v) is 3.86. The Bertz CT molecular complexity index is 144. The van der Waals surface area contributed by atoms with E-state index in [1.54, 1.807) is 14.2 Å². The van der Waals surface area contributed by atoms with Crippen LogP contribution >= 0.6 is 0 Å². The zero-order valence-electron chi connectivity index (χ0n) is 10.6. The fraction of sp³-hybridized carbons (Fsp3) is 1.00. The Hall–Kier alpha value is -0.160. The van der Waals surface area contributed by atoms with Gasteiger partial charge in [-0.05, 0) is 20.8 Å². The van der Waals surface area contributed by atoms with E-state index < -0.39 is 0 Å². The average molecular weight is 219 g/mol. The molecule has 0 fully saturated rings. The van der Waals surface area contributed by atoms with E-state index in [4.69, 9.17) is 14.2 Å². The molecule has 0 aliphatic carbocycles. The van der Waals surface area contributed by atoms with Gasteiger partial charge in [-0.2, -0.15) is 0 Å². The molecule has 0 aliphatic heterocycles. The summed E-state index contributed by atoms with van der Waals surface area (Å²) < 4.78 is 15.5. The van der Waals surface area contributed by atoms with Crippen molar-refractivity contribution in [2.24, 2.45) is 0 Å². The van der Waals surface area contributed by atoms with E-state index in [9.17, 15) is 0 Å². The Morgan fingerprint density at radius 3 is 2.27 bits per heavy atom. The van der Waals surface area contributed by atoms with Crippen molar-refractivity contribution in [3.63, 3.8) is 0 Å². The van der Waals surface area contributed by atoms with E-state index in [0.29, 0.717) is 31.9 Å². The van der Waals surface area contributed by atoms with E-state index in [1.165, 1.54) is 0 Å². The lowest BCUT2D eigenvalue weighted by atomic mass is 10.2. The van der Waals surface area contributed by atoms with Crippen LogP contribution in [0.2, 0.25) is 0 Å². The molecule has 0 aliphatic rings.